The van der Waals surface area contributed by atoms with Crippen LogP contribution >= 0.6 is 40.7 Å². The lowest BCUT2D eigenvalue weighted by Crippen LogP contribution is -2.19. The molecule has 0 saturated heterocycles. The number of rotatable bonds is 10. The van der Waals surface area contributed by atoms with Crippen LogP contribution in [0.3, 0.4) is 0 Å². The zero-order valence-electron chi connectivity index (χ0n) is 15.4. The van der Waals surface area contributed by atoms with E-state index >= 15 is 0 Å². The van der Waals surface area contributed by atoms with Crippen LogP contribution in [0.2, 0.25) is 0 Å². The lowest BCUT2D eigenvalue weighted by atomic mass is 10.2. The smallest absolute Gasteiger partial charge is 0.175 e. The number of ether oxygens (including phenoxy) is 2. The average Bonchev–Trinajstić information content (AvgIpc) is 2.61. The van der Waals surface area contributed by atoms with Crippen molar-refractivity contribution in [1.29, 1.82) is 0 Å². The molecule has 0 aliphatic rings. The Labute approximate surface area is 181 Å². The Hall–Kier alpha value is -1.05. The van der Waals surface area contributed by atoms with Gasteiger partial charge in [-0.3, -0.25) is 0 Å². The van der Waals surface area contributed by atoms with Crippen molar-refractivity contribution in [2.45, 2.75) is 19.6 Å². The Bertz CT molecular complexity index is 693. The van der Waals surface area contributed by atoms with Crippen LogP contribution in [-0.2, 0) is 13.2 Å². The average molecular weight is 484 g/mol. The van der Waals surface area contributed by atoms with E-state index in [1.165, 1.54) is 6.07 Å². The van der Waals surface area contributed by atoms with Crippen molar-refractivity contribution in [2.75, 3.05) is 27.2 Å². The van der Waals surface area contributed by atoms with Crippen LogP contribution in [-0.4, -0.2) is 27.2 Å². The molecule has 0 fully saturated rings. The summed E-state index contributed by atoms with van der Waals surface area (Å²) in [7, 11) is 3.55. The first-order valence-electron chi connectivity index (χ1n) is 8.23. The molecule has 0 radical (unpaired) electrons. The summed E-state index contributed by atoms with van der Waals surface area (Å²) in [5, 5.41) is 6.51. The molecule has 0 aromatic heterocycles. The minimum atomic E-state index is -0.278. The van der Waals surface area contributed by atoms with Gasteiger partial charge in [0, 0.05) is 12.1 Å². The van der Waals surface area contributed by atoms with E-state index in [0.29, 0.717) is 17.1 Å². The molecule has 8 heteroatoms. The second-order valence-corrected chi connectivity index (χ2v) is 6.48. The summed E-state index contributed by atoms with van der Waals surface area (Å²) in [6.07, 6.45) is 1.07. The molecule has 0 saturated carbocycles. The quantitative estimate of drug-likeness (QED) is 0.480. The Balaban J connectivity index is 0.00000338. The molecule has 4 nitrogen and oxygen atoms in total. The van der Waals surface area contributed by atoms with Crippen molar-refractivity contribution in [3.05, 3.63) is 57.8 Å². The number of hydrogen-bond acceptors (Lipinski definition) is 4. The zero-order chi connectivity index (χ0) is 18.1. The van der Waals surface area contributed by atoms with Crippen molar-refractivity contribution >= 4 is 40.7 Å². The van der Waals surface area contributed by atoms with Crippen molar-refractivity contribution < 1.29 is 13.9 Å². The van der Waals surface area contributed by atoms with Crippen LogP contribution in [0.1, 0.15) is 17.5 Å². The predicted molar refractivity (Wildman–Crippen MR) is 116 cm³/mol. The van der Waals surface area contributed by atoms with Crippen molar-refractivity contribution in [3.63, 3.8) is 0 Å². The summed E-state index contributed by atoms with van der Waals surface area (Å²) in [5.74, 6) is 0.919. The van der Waals surface area contributed by atoms with Gasteiger partial charge in [-0.1, -0.05) is 18.2 Å². The lowest BCUT2D eigenvalue weighted by molar-refractivity contribution is 0.277. The Morgan fingerprint density at radius 3 is 2.52 bits per heavy atom. The van der Waals surface area contributed by atoms with Crippen molar-refractivity contribution in [1.82, 2.24) is 10.6 Å². The molecule has 0 aliphatic carbocycles. The van der Waals surface area contributed by atoms with Crippen LogP contribution < -0.4 is 20.1 Å². The third-order valence-electron chi connectivity index (χ3n) is 3.73. The van der Waals surface area contributed by atoms with Gasteiger partial charge in [0.05, 0.1) is 11.6 Å². The summed E-state index contributed by atoms with van der Waals surface area (Å²) in [6.45, 7) is 2.81. The van der Waals surface area contributed by atoms with Crippen molar-refractivity contribution in [3.8, 4) is 11.5 Å². The van der Waals surface area contributed by atoms with Gasteiger partial charge < -0.3 is 20.1 Å². The van der Waals surface area contributed by atoms with E-state index in [2.05, 4.69) is 26.6 Å². The number of halogens is 4. The Morgan fingerprint density at radius 2 is 1.85 bits per heavy atom. The van der Waals surface area contributed by atoms with Gasteiger partial charge in [0.1, 0.15) is 12.4 Å². The van der Waals surface area contributed by atoms with Gasteiger partial charge in [0.25, 0.3) is 0 Å². The van der Waals surface area contributed by atoms with Crippen LogP contribution in [0.25, 0.3) is 0 Å². The number of benzene rings is 2. The minimum Gasteiger partial charge on any atom is -0.493 e. The second kappa shape index (κ2) is 14.0. The van der Waals surface area contributed by atoms with Gasteiger partial charge in [-0.05, 0) is 66.3 Å². The molecule has 2 N–H and O–H groups in total. The first-order chi connectivity index (χ1) is 12.2. The summed E-state index contributed by atoms with van der Waals surface area (Å²) in [6, 6.07) is 10.5. The molecule has 0 aliphatic heterocycles. The number of methoxy groups -OCH3 is 1. The van der Waals surface area contributed by atoms with Gasteiger partial charge in [0.2, 0.25) is 0 Å². The molecule has 0 bridgehead atoms. The van der Waals surface area contributed by atoms with Gasteiger partial charge in [-0.2, -0.15) is 0 Å². The molecule has 27 heavy (non-hydrogen) atoms. The molecule has 152 valence electrons. The van der Waals surface area contributed by atoms with E-state index in [0.717, 1.165) is 36.1 Å². The van der Waals surface area contributed by atoms with Crippen LogP contribution in [0.5, 0.6) is 11.5 Å². The maximum absolute atomic E-state index is 13.7. The molecule has 2 aromatic rings. The fourth-order valence-corrected chi connectivity index (χ4v) is 3.01. The fraction of sp³-hybridized carbons (Fsp3) is 0.368. The van der Waals surface area contributed by atoms with Crippen LogP contribution in [0.4, 0.5) is 4.39 Å². The van der Waals surface area contributed by atoms with E-state index in [1.807, 2.05) is 19.2 Å². The molecule has 0 heterocycles. The molecule has 0 amide bonds. The van der Waals surface area contributed by atoms with Gasteiger partial charge in [-0.25, -0.2) is 4.39 Å². The Kier molecular flexibility index (Phi) is 13.5. The Morgan fingerprint density at radius 1 is 1.11 bits per heavy atom. The second-order valence-electron chi connectivity index (χ2n) is 5.62. The third kappa shape index (κ3) is 8.23. The standard InChI is InChI=1S/C19H24BrFN2O2.2ClH/c1-22-8-5-9-23-12-14-10-16(20)19(18(11-14)24-2)25-13-15-6-3-4-7-17(15)21;;/h3-4,6-7,10-11,22-23H,5,8-9,12-13H2,1-2H3;2*1H. The highest BCUT2D eigenvalue weighted by Gasteiger charge is 2.13. The normalized spacial score (nSPS) is 9.93. The van der Waals surface area contributed by atoms with E-state index < -0.39 is 0 Å². The van der Waals surface area contributed by atoms with E-state index in [-0.39, 0.29) is 37.2 Å². The molecular formula is C19H26BrCl2FN2O2. The maximum atomic E-state index is 13.7. The van der Waals surface area contributed by atoms with Gasteiger partial charge in [0.15, 0.2) is 11.5 Å². The van der Waals surface area contributed by atoms with Crippen LogP contribution in [0, 0.1) is 5.82 Å². The predicted octanol–water partition coefficient (Wildman–Crippen LogP) is 4.72. The fourth-order valence-electron chi connectivity index (χ4n) is 2.40. The summed E-state index contributed by atoms with van der Waals surface area (Å²) < 4.78 is 25.8. The van der Waals surface area contributed by atoms with E-state index in [4.69, 9.17) is 9.47 Å². The highest BCUT2D eigenvalue weighted by molar-refractivity contribution is 9.10. The highest BCUT2D eigenvalue weighted by atomic mass is 79.9. The zero-order valence-corrected chi connectivity index (χ0v) is 18.6. The highest BCUT2D eigenvalue weighted by Crippen LogP contribution is 2.37. The molecule has 0 spiro atoms. The molecule has 0 unspecified atom stereocenters. The van der Waals surface area contributed by atoms with E-state index in [9.17, 15) is 4.39 Å². The largest absolute Gasteiger partial charge is 0.493 e. The minimum absolute atomic E-state index is 0. The van der Waals surface area contributed by atoms with Gasteiger partial charge >= 0.3 is 0 Å². The summed E-state index contributed by atoms with van der Waals surface area (Å²) in [4.78, 5) is 0. The molecule has 0 atom stereocenters. The SMILES string of the molecule is CNCCCNCc1cc(Br)c(OCc2ccccc2F)c(OC)c1.Cl.Cl. The molecule has 2 rings (SSSR count). The van der Waals surface area contributed by atoms with Crippen molar-refractivity contribution in [2.24, 2.45) is 0 Å². The molecular weight excluding hydrogens is 458 g/mol. The first-order valence-corrected chi connectivity index (χ1v) is 9.03. The number of nitrogens with one attached hydrogen (secondary N) is 2. The van der Waals surface area contributed by atoms with Crippen LogP contribution in [0.15, 0.2) is 40.9 Å². The monoisotopic (exact) mass is 482 g/mol. The summed E-state index contributed by atoms with van der Waals surface area (Å²) >= 11 is 3.53. The maximum Gasteiger partial charge on any atom is 0.175 e. The number of hydrogen-bond donors (Lipinski definition) is 2. The van der Waals surface area contributed by atoms with Gasteiger partial charge in [-0.15, -0.1) is 24.8 Å². The summed E-state index contributed by atoms with van der Waals surface area (Å²) in [5.41, 5.74) is 1.60. The topological polar surface area (TPSA) is 42.5 Å². The van der Waals surface area contributed by atoms with E-state index in [1.54, 1.807) is 25.3 Å². The molecule has 2 aromatic carbocycles. The third-order valence-corrected chi connectivity index (χ3v) is 4.32. The first kappa shape index (κ1) is 26.0. The lowest BCUT2D eigenvalue weighted by Gasteiger charge is -2.15.